The maximum absolute atomic E-state index is 11.8. The Morgan fingerprint density at radius 2 is 2.19 bits per heavy atom. The molecule has 0 saturated carbocycles. The van der Waals surface area contributed by atoms with E-state index in [1.54, 1.807) is 6.20 Å². The fourth-order valence-corrected chi connectivity index (χ4v) is 5.06. The number of benzene rings is 1. The highest BCUT2D eigenvalue weighted by atomic mass is 32.1. The van der Waals surface area contributed by atoms with Crippen molar-refractivity contribution < 1.29 is 13.9 Å². The van der Waals surface area contributed by atoms with E-state index < -0.39 is 0 Å². The summed E-state index contributed by atoms with van der Waals surface area (Å²) in [6.45, 7) is 5.52. The number of hydrogen-bond acceptors (Lipinski definition) is 7. The van der Waals surface area contributed by atoms with Crippen molar-refractivity contribution in [2.45, 2.75) is 32.7 Å². The lowest BCUT2D eigenvalue weighted by atomic mass is 9.93. The third-order valence-corrected chi connectivity index (χ3v) is 6.81. The van der Waals surface area contributed by atoms with E-state index >= 15 is 0 Å². The summed E-state index contributed by atoms with van der Waals surface area (Å²) in [6.07, 6.45) is 6.33. The Morgan fingerprint density at radius 3 is 3.00 bits per heavy atom. The van der Waals surface area contributed by atoms with E-state index in [-0.39, 0.29) is 5.91 Å². The minimum absolute atomic E-state index is 0.173. The van der Waals surface area contributed by atoms with Gasteiger partial charge in [-0.25, -0.2) is 4.98 Å². The normalized spacial score (nSPS) is 15.4. The largest absolute Gasteiger partial charge is 0.464 e. The summed E-state index contributed by atoms with van der Waals surface area (Å²) in [5, 5.41) is 4.58. The van der Waals surface area contributed by atoms with Gasteiger partial charge in [-0.2, -0.15) is 4.98 Å². The van der Waals surface area contributed by atoms with Crippen LogP contribution in [0, 0.1) is 5.92 Å². The summed E-state index contributed by atoms with van der Waals surface area (Å²) < 4.78 is 12.8. The molecule has 0 atom stereocenters. The third-order valence-electron chi connectivity index (χ3n) is 5.93. The smallest absolute Gasteiger partial charge is 0.281 e. The van der Waals surface area contributed by atoms with Crippen molar-refractivity contribution in [3.63, 3.8) is 0 Å². The Kier molecular flexibility index (Phi) is 6.05. The van der Waals surface area contributed by atoms with Crippen LogP contribution in [0.3, 0.4) is 0 Å². The number of nitrogens with one attached hydrogen (secondary N) is 1. The first-order valence-electron chi connectivity index (χ1n) is 11.1. The number of likely N-dealkylation sites (tertiary alicyclic amines) is 1. The first-order chi connectivity index (χ1) is 15.7. The number of ether oxygens (including phenoxy) is 1. The van der Waals surface area contributed by atoms with Crippen molar-refractivity contribution in [3.8, 4) is 10.9 Å². The van der Waals surface area contributed by atoms with Gasteiger partial charge in [0, 0.05) is 42.7 Å². The van der Waals surface area contributed by atoms with Crippen LogP contribution in [0.1, 0.15) is 31.7 Å². The van der Waals surface area contributed by atoms with Crippen LogP contribution in [-0.4, -0.2) is 40.4 Å². The Bertz CT molecular complexity index is 1190. The molecule has 1 aliphatic heterocycles. The molecule has 1 amide bonds. The summed E-state index contributed by atoms with van der Waals surface area (Å²) in [7, 11) is 0. The lowest BCUT2D eigenvalue weighted by Gasteiger charge is -2.31. The summed E-state index contributed by atoms with van der Waals surface area (Å²) >= 11 is 1.47. The van der Waals surface area contributed by atoms with Gasteiger partial charge in [0.2, 0.25) is 5.91 Å². The molecular formula is C24H26N4O3S. The number of amides is 1. The zero-order valence-corrected chi connectivity index (χ0v) is 18.9. The molecule has 4 heterocycles. The summed E-state index contributed by atoms with van der Waals surface area (Å²) in [5.41, 5.74) is 2.68. The van der Waals surface area contributed by atoms with Gasteiger partial charge in [-0.1, -0.05) is 11.3 Å². The maximum atomic E-state index is 11.8. The van der Waals surface area contributed by atoms with E-state index in [0.717, 1.165) is 48.1 Å². The van der Waals surface area contributed by atoms with Crippen LogP contribution < -0.4 is 10.1 Å². The molecule has 3 aromatic heterocycles. The monoisotopic (exact) mass is 450 g/mol. The van der Waals surface area contributed by atoms with Crippen LogP contribution in [0.5, 0.6) is 10.9 Å². The van der Waals surface area contributed by atoms with Crippen molar-refractivity contribution in [3.05, 3.63) is 48.4 Å². The molecule has 1 aliphatic rings. The van der Waals surface area contributed by atoms with Gasteiger partial charge in [0.25, 0.3) is 5.19 Å². The lowest BCUT2D eigenvalue weighted by Crippen LogP contribution is -2.35. The van der Waals surface area contributed by atoms with Gasteiger partial charge in [0.05, 0.1) is 11.0 Å². The van der Waals surface area contributed by atoms with Crippen molar-refractivity contribution in [2.24, 2.45) is 5.92 Å². The first-order valence-corrected chi connectivity index (χ1v) is 11.9. The molecule has 0 bridgehead atoms. The topological polar surface area (TPSA) is 80.5 Å². The fourth-order valence-electron chi connectivity index (χ4n) is 4.26. The number of carbonyl (C=O) groups excluding carboxylic acids is 1. The van der Waals surface area contributed by atoms with Crippen LogP contribution in [0.25, 0.3) is 21.3 Å². The molecule has 5 rings (SSSR count). The SMILES string of the molecule is CCNC(=O)CC1CCN(Cc2coc3cc(Oc4nc5ncccc5s4)ccc23)CC1. The van der Waals surface area contributed by atoms with Crippen molar-refractivity contribution in [1.29, 1.82) is 0 Å². The van der Waals surface area contributed by atoms with Crippen LogP contribution >= 0.6 is 11.3 Å². The molecule has 0 radical (unpaired) electrons. The minimum atomic E-state index is 0.173. The molecule has 0 aliphatic carbocycles. The fraction of sp³-hybridized carbons (Fsp3) is 0.375. The van der Waals surface area contributed by atoms with E-state index in [0.29, 0.717) is 35.5 Å². The molecule has 0 unspecified atom stereocenters. The van der Waals surface area contributed by atoms with Crippen LogP contribution in [-0.2, 0) is 11.3 Å². The van der Waals surface area contributed by atoms with Crippen molar-refractivity contribution >= 4 is 38.6 Å². The molecule has 0 spiro atoms. The molecule has 1 N–H and O–H groups in total. The number of furan rings is 1. The molecule has 1 fully saturated rings. The molecule has 7 nitrogen and oxygen atoms in total. The second-order valence-corrected chi connectivity index (χ2v) is 9.20. The van der Waals surface area contributed by atoms with E-state index in [4.69, 9.17) is 9.15 Å². The molecule has 166 valence electrons. The number of aromatic nitrogens is 2. The standard InChI is InChI=1S/C24H26N4O3S/c1-2-25-22(29)12-16-7-10-28(11-8-16)14-17-15-30-20-13-18(5-6-19(17)20)31-24-27-23-21(32-24)4-3-9-26-23/h3-6,9,13,15-16H,2,7-8,10-12,14H2,1H3,(H,25,29). The zero-order valence-electron chi connectivity index (χ0n) is 18.0. The summed E-state index contributed by atoms with van der Waals surface area (Å²) in [4.78, 5) is 23.0. The van der Waals surface area contributed by atoms with Gasteiger partial charge in [-0.3, -0.25) is 9.69 Å². The average Bonchev–Trinajstić information content (AvgIpc) is 3.38. The second kappa shape index (κ2) is 9.26. The molecule has 8 heteroatoms. The highest BCUT2D eigenvalue weighted by Gasteiger charge is 2.22. The lowest BCUT2D eigenvalue weighted by molar-refractivity contribution is -0.122. The molecule has 1 aromatic carbocycles. The highest BCUT2D eigenvalue weighted by molar-refractivity contribution is 7.20. The Labute approximate surface area is 190 Å². The van der Waals surface area contributed by atoms with Crippen LogP contribution in [0.2, 0.25) is 0 Å². The van der Waals surface area contributed by atoms with Crippen LogP contribution in [0.4, 0.5) is 0 Å². The van der Waals surface area contributed by atoms with E-state index in [2.05, 4.69) is 26.3 Å². The van der Waals surface area contributed by atoms with Gasteiger partial charge in [0.1, 0.15) is 11.3 Å². The van der Waals surface area contributed by atoms with Gasteiger partial charge < -0.3 is 14.5 Å². The predicted octanol–water partition coefficient (Wildman–Crippen LogP) is 4.97. The molecule has 1 saturated heterocycles. The van der Waals surface area contributed by atoms with Gasteiger partial charge in [-0.05, 0) is 63.0 Å². The van der Waals surface area contributed by atoms with Gasteiger partial charge >= 0.3 is 0 Å². The van der Waals surface area contributed by atoms with Gasteiger partial charge in [-0.15, -0.1) is 0 Å². The second-order valence-electron chi connectivity index (χ2n) is 8.20. The highest BCUT2D eigenvalue weighted by Crippen LogP contribution is 2.33. The van der Waals surface area contributed by atoms with Crippen molar-refractivity contribution in [2.75, 3.05) is 19.6 Å². The Hall–Kier alpha value is -2.97. The summed E-state index contributed by atoms with van der Waals surface area (Å²) in [5.74, 6) is 1.35. The molecule has 32 heavy (non-hydrogen) atoms. The number of fused-ring (bicyclic) bond motifs is 2. The number of rotatable bonds is 7. The number of carbonyl (C=O) groups is 1. The zero-order chi connectivity index (χ0) is 21.9. The first kappa shape index (κ1) is 20.9. The molecule has 4 aromatic rings. The minimum Gasteiger partial charge on any atom is -0.464 e. The van der Waals surface area contributed by atoms with Crippen LogP contribution in [0.15, 0.2) is 47.2 Å². The predicted molar refractivity (Wildman–Crippen MR) is 125 cm³/mol. The van der Waals surface area contributed by atoms with E-state index in [1.807, 2.05) is 37.5 Å². The van der Waals surface area contributed by atoms with E-state index in [1.165, 1.54) is 16.9 Å². The number of thiazole rings is 1. The maximum Gasteiger partial charge on any atom is 0.281 e. The quantitative estimate of drug-likeness (QED) is 0.428. The Balaban J connectivity index is 1.21. The Morgan fingerprint density at radius 1 is 1.31 bits per heavy atom. The number of hydrogen-bond donors (Lipinski definition) is 1. The third kappa shape index (κ3) is 4.61. The molecular weight excluding hydrogens is 424 g/mol. The summed E-state index contributed by atoms with van der Waals surface area (Å²) in [6, 6.07) is 9.80. The van der Waals surface area contributed by atoms with Crippen molar-refractivity contribution in [1.82, 2.24) is 20.2 Å². The number of piperidine rings is 1. The van der Waals surface area contributed by atoms with Gasteiger partial charge in [0.15, 0.2) is 5.65 Å². The number of nitrogens with zero attached hydrogens (tertiary/aromatic N) is 3. The average molecular weight is 451 g/mol. The van der Waals surface area contributed by atoms with E-state index in [9.17, 15) is 4.79 Å². The number of pyridine rings is 1.